The van der Waals surface area contributed by atoms with Crippen molar-refractivity contribution < 1.29 is 9.59 Å². The van der Waals surface area contributed by atoms with Gasteiger partial charge in [-0.3, -0.25) is 9.59 Å². The number of aryl methyl sites for hydroxylation is 4. The molecule has 124 valence electrons. The fourth-order valence-corrected chi connectivity index (χ4v) is 3.28. The second kappa shape index (κ2) is 6.48. The van der Waals surface area contributed by atoms with Gasteiger partial charge in [0.25, 0.3) is 5.91 Å². The predicted molar refractivity (Wildman–Crippen MR) is 96.6 cm³/mol. The molecule has 0 aromatic heterocycles. The van der Waals surface area contributed by atoms with E-state index in [4.69, 9.17) is 0 Å². The summed E-state index contributed by atoms with van der Waals surface area (Å²) in [6, 6.07) is 9.60. The smallest absolute Gasteiger partial charge is 0.255 e. The number of amides is 2. The van der Waals surface area contributed by atoms with Gasteiger partial charge in [0.05, 0.1) is 0 Å². The largest absolute Gasteiger partial charge is 0.326 e. The average Bonchev–Trinajstić information content (AvgIpc) is 2.70. The maximum atomic E-state index is 12.6. The van der Waals surface area contributed by atoms with E-state index in [2.05, 4.69) is 22.8 Å². The van der Waals surface area contributed by atoms with Crippen LogP contribution in [0.25, 0.3) is 0 Å². The minimum atomic E-state index is -0.122. The molecular formula is C20H22N2O2. The van der Waals surface area contributed by atoms with Crippen LogP contribution in [0.1, 0.15) is 45.5 Å². The van der Waals surface area contributed by atoms with Gasteiger partial charge < -0.3 is 10.6 Å². The van der Waals surface area contributed by atoms with E-state index in [-0.39, 0.29) is 11.8 Å². The zero-order valence-electron chi connectivity index (χ0n) is 14.3. The molecule has 0 fully saturated rings. The van der Waals surface area contributed by atoms with Gasteiger partial charge in [0.2, 0.25) is 5.91 Å². The standard InChI is InChI=1S/C20H22N2O2/c1-12-9-13(2)19(14(3)10-12)22-20(24)16-7-8-17-15(11-16)5-4-6-18(23)21-17/h7-11H,4-6H2,1-3H3,(H,21,23)(H,22,24). The minimum Gasteiger partial charge on any atom is -0.326 e. The zero-order chi connectivity index (χ0) is 17.3. The van der Waals surface area contributed by atoms with E-state index < -0.39 is 0 Å². The number of carbonyl (C=O) groups is 2. The van der Waals surface area contributed by atoms with Crippen LogP contribution in [0.2, 0.25) is 0 Å². The lowest BCUT2D eigenvalue weighted by molar-refractivity contribution is -0.116. The molecule has 2 N–H and O–H groups in total. The van der Waals surface area contributed by atoms with Crippen LogP contribution in [-0.4, -0.2) is 11.8 Å². The molecule has 3 rings (SSSR count). The monoisotopic (exact) mass is 322 g/mol. The van der Waals surface area contributed by atoms with Crippen LogP contribution in [0.15, 0.2) is 30.3 Å². The summed E-state index contributed by atoms with van der Waals surface area (Å²) in [5.74, 6) is -0.0831. The number of hydrogen-bond acceptors (Lipinski definition) is 2. The van der Waals surface area contributed by atoms with Gasteiger partial charge >= 0.3 is 0 Å². The number of carbonyl (C=O) groups excluding carboxylic acids is 2. The molecule has 2 aromatic rings. The van der Waals surface area contributed by atoms with Crippen molar-refractivity contribution in [2.45, 2.75) is 40.0 Å². The molecule has 0 bridgehead atoms. The molecule has 0 saturated carbocycles. The molecule has 1 aliphatic rings. The maximum absolute atomic E-state index is 12.6. The number of rotatable bonds is 2. The van der Waals surface area contributed by atoms with E-state index in [9.17, 15) is 9.59 Å². The first-order valence-corrected chi connectivity index (χ1v) is 8.26. The van der Waals surface area contributed by atoms with Gasteiger partial charge in [0, 0.05) is 23.4 Å². The lowest BCUT2D eigenvalue weighted by atomic mass is 10.0. The molecule has 24 heavy (non-hydrogen) atoms. The number of benzene rings is 2. The maximum Gasteiger partial charge on any atom is 0.255 e. The SMILES string of the molecule is Cc1cc(C)c(NC(=O)c2ccc3c(c2)CCCC(=O)N3)c(C)c1. The predicted octanol–water partition coefficient (Wildman–Crippen LogP) is 4.14. The molecule has 0 atom stereocenters. The summed E-state index contributed by atoms with van der Waals surface area (Å²) >= 11 is 0. The first-order valence-electron chi connectivity index (χ1n) is 8.26. The first-order chi connectivity index (χ1) is 11.4. The highest BCUT2D eigenvalue weighted by atomic mass is 16.2. The van der Waals surface area contributed by atoms with Gasteiger partial charge in [-0.1, -0.05) is 17.7 Å². The molecule has 1 aliphatic heterocycles. The van der Waals surface area contributed by atoms with Crippen molar-refractivity contribution in [2.75, 3.05) is 10.6 Å². The number of fused-ring (bicyclic) bond motifs is 1. The summed E-state index contributed by atoms with van der Waals surface area (Å²) < 4.78 is 0. The molecule has 0 saturated heterocycles. The Bertz CT molecular complexity index is 801. The van der Waals surface area contributed by atoms with Crippen molar-refractivity contribution in [2.24, 2.45) is 0 Å². The van der Waals surface area contributed by atoms with Gasteiger partial charge in [-0.05, 0) is 68.5 Å². The van der Waals surface area contributed by atoms with E-state index in [1.807, 2.05) is 32.9 Å². The van der Waals surface area contributed by atoms with Crippen LogP contribution >= 0.6 is 0 Å². The third kappa shape index (κ3) is 3.32. The summed E-state index contributed by atoms with van der Waals surface area (Å²) in [4.78, 5) is 24.3. The molecule has 4 heteroatoms. The van der Waals surface area contributed by atoms with Crippen molar-refractivity contribution in [1.82, 2.24) is 0 Å². The molecule has 4 nitrogen and oxygen atoms in total. The van der Waals surface area contributed by atoms with Gasteiger partial charge in [0.1, 0.15) is 0 Å². The number of anilines is 2. The van der Waals surface area contributed by atoms with E-state index in [1.165, 1.54) is 5.56 Å². The summed E-state index contributed by atoms with van der Waals surface area (Å²) in [5.41, 5.74) is 6.62. The zero-order valence-corrected chi connectivity index (χ0v) is 14.3. The van der Waals surface area contributed by atoms with Crippen molar-refractivity contribution >= 4 is 23.2 Å². The summed E-state index contributed by atoms with van der Waals surface area (Å²) in [6.45, 7) is 6.05. The minimum absolute atomic E-state index is 0.0388. The molecule has 0 aliphatic carbocycles. The van der Waals surface area contributed by atoms with Crippen molar-refractivity contribution in [3.05, 3.63) is 58.1 Å². The molecule has 0 radical (unpaired) electrons. The lowest BCUT2D eigenvalue weighted by Crippen LogP contribution is -2.15. The quantitative estimate of drug-likeness (QED) is 0.873. The van der Waals surface area contributed by atoms with Crippen LogP contribution in [0.3, 0.4) is 0 Å². The second-order valence-corrected chi connectivity index (χ2v) is 6.50. The van der Waals surface area contributed by atoms with E-state index in [0.29, 0.717) is 12.0 Å². The van der Waals surface area contributed by atoms with Crippen LogP contribution in [-0.2, 0) is 11.2 Å². The van der Waals surface area contributed by atoms with Crippen LogP contribution in [0, 0.1) is 20.8 Å². The fraction of sp³-hybridized carbons (Fsp3) is 0.300. The molecule has 1 heterocycles. The highest BCUT2D eigenvalue weighted by molar-refractivity contribution is 6.05. The second-order valence-electron chi connectivity index (χ2n) is 6.50. The topological polar surface area (TPSA) is 58.2 Å². The third-order valence-electron chi connectivity index (χ3n) is 4.41. The van der Waals surface area contributed by atoms with Crippen LogP contribution in [0.4, 0.5) is 11.4 Å². The molecule has 2 aromatic carbocycles. The number of hydrogen-bond donors (Lipinski definition) is 2. The Morgan fingerprint density at radius 1 is 1.04 bits per heavy atom. The number of nitrogens with one attached hydrogen (secondary N) is 2. The van der Waals surface area contributed by atoms with Crippen molar-refractivity contribution in [3.63, 3.8) is 0 Å². The average molecular weight is 322 g/mol. The summed E-state index contributed by atoms with van der Waals surface area (Å²) in [7, 11) is 0. The van der Waals surface area contributed by atoms with E-state index in [0.717, 1.165) is 40.9 Å². The fourth-order valence-electron chi connectivity index (χ4n) is 3.28. The Morgan fingerprint density at radius 3 is 2.46 bits per heavy atom. The Kier molecular flexibility index (Phi) is 4.38. The molecule has 2 amide bonds. The van der Waals surface area contributed by atoms with Gasteiger partial charge in [-0.15, -0.1) is 0 Å². The Hall–Kier alpha value is -2.62. The molecule has 0 unspecified atom stereocenters. The van der Waals surface area contributed by atoms with Gasteiger partial charge in [-0.25, -0.2) is 0 Å². The van der Waals surface area contributed by atoms with Crippen molar-refractivity contribution in [3.8, 4) is 0 Å². The third-order valence-corrected chi connectivity index (χ3v) is 4.41. The van der Waals surface area contributed by atoms with Gasteiger partial charge in [0.15, 0.2) is 0 Å². The Morgan fingerprint density at radius 2 is 1.75 bits per heavy atom. The normalized spacial score (nSPS) is 13.7. The van der Waals surface area contributed by atoms with Crippen LogP contribution in [0.5, 0.6) is 0 Å². The Labute approximate surface area is 142 Å². The van der Waals surface area contributed by atoms with E-state index in [1.54, 1.807) is 6.07 Å². The van der Waals surface area contributed by atoms with Crippen LogP contribution < -0.4 is 10.6 Å². The first kappa shape index (κ1) is 16.2. The lowest BCUT2D eigenvalue weighted by Gasteiger charge is -2.14. The highest BCUT2D eigenvalue weighted by Gasteiger charge is 2.16. The molecule has 0 spiro atoms. The molecular weight excluding hydrogens is 300 g/mol. The van der Waals surface area contributed by atoms with E-state index >= 15 is 0 Å². The summed E-state index contributed by atoms with van der Waals surface area (Å²) in [6.07, 6.45) is 2.13. The Balaban J connectivity index is 1.86. The van der Waals surface area contributed by atoms with Crippen molar-refractivity contribution in [1.29, 1.82) is 0 Å². The summed E-state index contributed by atoms with van der Waals surface area (Å²) in [5, 5.41) is 5.92. The highest BCUT2D eigenvalue weighted by Crippen LogP contribution is 2.25. The van der Waals surface area contributed by atoms with Gasteiger partial charge in [-0.2, -0.15) is 0 Å².